The minimum Gasteiger partial charge on any atom is -0.383 e. The van der Waals surface area contributed by atoms with E-state index in [1.165, 1.54) is 5.56 Å². The van der Waals surface area contributed by atoms with Crippen molar-refractivity contribution in [3.05, 3.63) is 35.7 Å². The van der Waals surface area contributed by atoms with Crippen molar-refractivity contribution in [3.8, 4) is 0 Å². The van der Waals surface area contributed by atoms with Crippen LogP contribution in [0.25, 0.3) is 0 Å². The zero-order chi connectivity index (χ0) is 17.1. The minimum atomic E-state index is -0.140. The highest BCUT2D eigenvalue weighted by Crippen LogP contribution is 2.28. The fourth-order valence-electron chi connectivity index (χ4n) is 3.01. The van der Waals surface area contributed by atoms with E-state index in [-0.39, 0.29) is 18.0 Å². The molecule has 7 heteroatoms. The molecule has 1 aliphatic rings. The van der Waals surface area contributed by atoms with Crippen LogP contribution in [0, 0.1) is 0 Å². The number of amides is 1. The predicted molar refractivity (Wildman–Crippen MR) is 89.9 cm³/mol. The van der Waals surface area contributed by atoms with Crippen LogP contribution in [0.15, 0.2) is 18.7 Å². The van der Waals surface area contributed by atoms with Gasteiger partial charge in [-0.1, -0.05) is 0 Å². The van der Waals surface area contributed by atoms with Crippen LogP contribution in [0.4, 0.5) is 0 Å². The van der Waals surface area contributed by atoms with Crippen LogP contribution in [0.3, 0.4) is 0 Å². The van der Waals surface area contributed by atoms with Crippen LogP contribution in [0.1, 0.15) is 60.5 Å². The highest BCUT2D eigenvalue weighted by atomic mass is 16.5. The molecule has 0 bridgehead atoms. The second-order valence-electron chi connectivity index (χ2n) is 6.51. The quantitative estimate of drug-likeness (QED) is 0.880. The molecule has 0 saturated carbocycles. The second-order valence-corrected chi connectivity index (χ2v) is 6.51. The van der Waals surface area contributed by atoms with Crippen molar-refractivity contribution in [2.75, 3.05) is 13.7 Å². The molecule has 24 heavy (non-hydrogen) atoms. The Bertz CT molecular complexity index is 704. The lowest BCUT2D eigenvalue weighted by atomic mass is 9.93. The SMILES string of the molecule is COCCn1cc2c(n1)[C@H](NC(=O)c1cn(C(C)C)cn1)CCC2. The standard InChI is InChI=1S/C17H25N5O2/c1-12(2)21-10-15(18-11-21)17(23)19-14-6-4-5-13-9-22(7-8-24-3)20-16(13)14/h9-12,14H,4-8H2,1-3H3,(H,19,23)/t14-/m1/s1. The maximum absolute atomic E-state index is 12.5. The van der Waals surface area contributed by atoms with Crippen LogP contribution in [-0.4, -0.2) is 39.0 Å². The van der Waals surface area contributed by atoms with E-state index in [9.17, 15) is 4.79 Å². The minimum absolute atomic E-state index is 0.0470. The Labute approximate surface area is 142 Å². The van der Waals surface area contributed by atoms with Gasteiger partial charge in [-0.15, -0.1) is 0 Å². The maximum atomic E-state index is 12.5. The molecule has 1 aliphatic carbocycles. The Morgan fingerprint density at radius 2 is 2.29 bits per heavy atom. The number of nitrogens with zero attached hydrogens (tertiary/aromatic N) is 4. The Morgan fingerprint density at radius 1 is 1.46 bits per heavy atom. The number of carbonyl (C=O) groups is 1. The molecule has 0 saturated heterocycles. The first-order chi connectivity index (χ1) is 11.6. The summed E-state index contributed by atoms with van der Waals surface area (Å²) in [6.45, 7) is 5.47. The van der Waals surface area contributed by atoms with Crippen molar-refractivity contribution >= 4 is 5.91 Å². The second kappa shape index (κ2) is 7.17. The fourth-order valence-corrected chi connectivity index (χ4v) is 3.01. The van der Waals surface area contributed by atoms with Gasteiger partial charge in [0.15, 0.2) is 0 Å². The number of carbonyl (C=O) groups excluding carboxylic acids is 1. The van der Waals surface area contributed by atoms with Gasteiger partial charge in [0, 0.05) is 25.5 Å². The number of aryl methyl sites for hydroxylation is 1. The van der Waals surface area contributed by atoms with Gasteiger partial charge in [0.25, 0.3) is 5.91 Å². The largest absolute Gasteiger partial charge is 0.383 e. The summed E-state index contributed by atoms with van der Waals surface area (Å²) in [5.74, 6) is -0.140. The third-order valence-corrected chi connectivity index (χ3v) is 4.40. The summed E-state index contributed by atoms with van der Waals surface area (Å²) in [5, 5.41) is 7.74. The molecule has 0 aromatic carbocycles. The molecule has 130 valence electrons. The molecule has 0 radical (unpaired) electrons. The Balaban J connectivity index is 1.71. The van der Waals surface area contributed by atoms with Gasteiger partial charge in [0.2, 0.25) is 0 Å². The molecule has 1 N–H and O–H groups in total. The highest BCUT2D eigenvalue weighted by molar-refractivity contribution is 5.92. The van der Waals surface area contributed by atoms with E-state index < -0.39 is 0 Å². The molecule has 2 aromatic rings. The van der Waals surface area contributed by atoms with Gasteiger partial charge in [0.05, 0.1) is 31.2 Å². The number of imidazole rings is 1. The molecule has 2 heterocycles. The van der Waals surface area contributed by atoms with Crippen LogP contribution in [-0.2, 0) is 17.7 Å². The third-order valence-electron chi connectivity index (χ3n) is 4.40. The highest BCUT2D eigenvalue weighted by Gasteiger charge is 2.26. The van der Waals surface area contributed by atoms with Gasteiger partial charge in [-0.05, 0) is 38.7 Å². The average molecular weight is 331 g/mol. The number of rotatable bonds is 6. The molecule has 0 spiro atoms. The summed E-state index contributed by atoms with van der Waals surface area (Å²) in [4.78, 5) is 16.7. The van der Waals surface area contributed by atoms with Gasteiger partial charge < -0.3 is 14.6 Å². The summed E-state index contributed by atoms with van der Waals surface area (Å²) in [7, 11) is 1.68. The Kier molecular flexibility index (Phi) is 4.99. The van der Waals surface area contributed by atoms with E-state index >= 15 is 0 Å². The Morgan fingerprint density at radius 3 is 3.00 bits per heavy atom. The predicted octanol–water partition coefficient (Wildman–Crippen LogP) is 2.11. The van der Waals surface area contributed by atoms with Gasteiger partial charge in [-0.3, -0.25) is 9.48 Å². The van der Waals surface area contributed by atoms with Crippen LogP contribution in [0.5, 0.6) is 0 Å². The average Bonchev–Trinajstić information content (AvgIpc) is 3.20. The lowest BCUT2D eigenvalue weighted by molar-refractivity contribution is 0.0927. The van der Waals surface area contributed by atoms with Crippen LogP contribution >= 0.6 is 0 Å². The number of hydrogen-bond acceptors (Lipinski definition) is 4. The number of ether oxygens (including phenoxy) is 1. The van der Waals surface area contributed by atoms with Crippen molar-refractivity contribution in [3.63, 3.8) is 0 Å². The Hall–Kier alpha value is -2.15. The molecule has 1 atom stereocenters. The van der Waals surface area contributed by atoms with Crippen LogP contribution in [0.2, 0.25) is 0 Å². The molecular weight excluding hydrogens is 306 g/mol. The smallest absolute Gasteiger partial charge is 0.272 e. The summed E-state index contributed by atoms with van der Waals surface area (Å²) in [5.41, 5.74) is 2.65. The van der Waals surface area contributed by atoms with E-state index in [2.05, 4.69) is 35.4 Å². The van der Waals surface area contributed by atoms with Gasteiger partial charge in [0.1, 0.15) is 5.69 Å². The van der Waals surface area contributed by atoms with Crippen molar-refractivity contribution in [1.29, 1.82) is 0 Å². The first kappa shape index (κ1) is 16.7. The number of fused-ring (bicyclic) bond motifs is 1. The first-order valence-electron chi connectivity index (χ1n) is 8.48. The molecule has 7 nitrogen and oxygen atoms in total. The molecule has 0 unspecified atom stereocenters. The molecular formula is C17H25N5O2. The zero-order valence-corrected chi connectivity index (χ0v) is 14.5. The monoisotopic (exact) mass is 331 g/mol. The van der Waals surface area contributed by atoms with Gasteiger partial charge in [-0.2, -0.15) is 5.10 Å². The zero-order valence-electron chi connectivity index (χ0n) is 14.5. The van der Waals surface area contributed by atoms with Crippen molar-refractivity contribution in [2.24, 2.45) is 0 Å². The van der Waals surface area contributed by atoms with Crippen LogP contribution < -0.4 is 5.32 Å². The molecule has 0 aliphatic heterocycles. The summed E-state index contributed by atoms with van der Waals surface area (Å²) in [6.07, 6.45) is 8.53. The van der Waals surface area contributed by atoms with Crippen molar-refractivity contribution in [2.45, 2.75) is 51.7 Å². The summed E-state index contributed by atoms with van der Waals surface area (Å²) < 4.78 is 8.95. The molecule has 3 rings (SSSR count). The molecule has 2 aromatic heterocycles. The lowest BCUT2D eigenvalue weighted by Gasteiger charge is -2.21. The molecule has 0 fully saturated rings. The summed E-state index contributed by atoms with van der Waals surface area (Å²) >= 11 is 0. The molecule has 1 amide bonds. The van der Waals surface area contributed by atoms with E-state index in [0.29, 0.717) is 12.3 Å². The normalized spacial score (nSPS) is 17.1. The number of hydrogen-bond donors (Lipinski definition) is 1. The topological polar surface area (TPSA) is 74.0 Å². The van der Waals surface area contributed by atoms with Crippen molar-refractivity contribution < 1.29 is 9.53 Å². The van der Waals surface area contributed by atoms with E-state index in [1.54, 1.807) is 19.6 Å². The van der Waals surface area contributed by atoms with Gasteiger partial charge in [-0.25, -0.2) is 4.98 Å². The van der Waals surface area contributed by atoms with E-state index in [1.807, 2.05) is 9.25 Å². The number of aromatic nitrogens is 4. The van der Waals surface area contributed by atoms with E-state index in [4.69, 9.17) is 4.74 Å². The third kappa shape index (κ3) is 3.51. The van der Waals surface area contributed by atoms with Gasteiger partial charge >= 0.3 is 0 Å². The fraction of sp³-hybridized carbons (Fsp3) is 0.588. The number of methoxy groups -OCH3 is 1. The first-order valence-corrected chi connectivity index (χ1v) is 8.48. The van der Waals surface area contributed by atoms with E-state index in [0.717, 1.165) is 31.5 Å². The van der Waals surface area contributed by atoms with Crippen molar-refractivity contribution in [1.82, 2.24) is 24.6 Å². The maximum Gasteiger partial charge on any atom is 0.272 e. The summed E-state index contributed by atoms with van der Waals surface area (Å²) in [6, 6.07) is 0.242. The lowest BCUT2D eigenvalue weighted by Crippen LogP contribution is -2.31. The number of nitrogens with one attached hydrogen (secondary N) is 1.